The Kier molecular flexibility index (Phi) is 4.37. The summed E-state index contributed by atoms with van der Waals surface area (Å²) < 4.78 is 0. The molecule has 1 saturated heterocycles. The van der Waals surface area contributed by atoms with Gasteiger partial charge in [0, 0.05) is 11.6 Å². The van der Waals surface area contributed by atoms with E-state index in [-0.39, 0.29) is 24.0 Å². The van der Waals surface area contributed by atoms with Crippen molar-refractivity contribution in [2.45, 2.75) is 70.5 Å². The van der Waals surface area contributed by atoms with Crippen LogP contribution in [-0.4, -0.2) is 46.1 Å². The molecule has 1 aliphatic carbocycles. The van der Waals surface area contributed by atoms with Crippen LogP contribution < -0.4 is 5.32 Å². The molecule has 114 valence electrons. The Morgan fingerprint density at radius 1 is 1.25 bits per heavy atom. The van der Waals surface area contributed by atoms with Crippen LogP contribution in [-0.2, 0) is 9.59 Å². The van der Waals surface area contributed by atoms with Crippen LogP contribution in [0, 0.1) is 5.92 Å². The van der Waals surface area contributed by atoms with Gasteiger partial charge in [-0.3, -0.25) is 14.5 Å². The SMILES string of the molecule is CC(C)(C)NC(=O)CN1[C@H](C(=O)O)C[C@@H]2CCCC[C@@H]21. The molecule has 2 N–H and O–H groups in total. The molecule has 0 unspecified atom stereocenters. The molecule has 0 radical (unpaired) electrons. The molecule has 1 saturated carbocycles. The predicted octanol–water partition coefficient (Wildman–Crippen LogP) is 1.62. The number of nitrogens with zero attached hydrogens (tertiary/aromatic N) is 1. The summed E-state index contributed by atoms with van der Waals surface area (Å²) in [5, 5.41) is 12.3. The van der Waals surface area contributed by atoms with Gasteiger partial charge in [-0.25, -0.2) is 0 Å². The highest BCUT2D eigenvalue weighted by molar-refractivity contribution is 5.80. The highest BCUT2D eigenvalue weighted by atomic mass is 16.4. The summed E-state index contributed by atoms with van der Waals surface area (Å²) in [4.78, 5) is 25.5. The number of hydrogen-bond donors (Lipinski definition) is 2. The third-order valence-corrected chi connectivity index (χ3v) is 4.35. The molecule has 0 spiro atoms. The summed E-state index contributed by atoms with van der Waals surface area (Å²) in [6, 6.07) is -0.218. The smallest absolute Gasteiger partial charge is 0.320 e. The molecule has 5 nitrogen and oxygen atoms in total. The minimum atomic E-state index is -0.789. The van der Waals surface area contributed by atoms with E-state index in [4.69, 9.17) is 0 Å². The number of aliphatic carboxylic acids is 1. The maximum absolute atomic E-state index is 12.1. The molecule has 20 heavy (non-hydrogen) atoms. The number of fused-ring (bicyclic) bond motifs is 1. The van der Waals surface area contributed by atoms with Crippen molar-refractivity contribution in [2.75, 3.05) is 6.54 Å². The average Bonchev–Trinajstić information content (AvgIpc) is 2.66. The first-order chi connectivity index (χ1) is 9.28. The Labute approximate surface area is 120 Å². The third kappa shape index (κ3) is 3.51. The van der Waals surface area contributed by atoms with Crippen molar-refractivity contribution in [3.63, 3.8) is 0 Å². The molecule has 2 fully saturated rings. The van der Waals surface area contributed by atoms with Gasteiger partial charge in [0.2, 0.25) is 5.91 Å². The van der Waals surface area contributed by atoms with Crippen LogP contribution in [0.5, 0.6) is 0 Å². The molecule has 3 atom stereocenters. The van der Waals surface area contributed by atoms with Gasteiger partial charge < -0.3 is 10.4 Å². The molecular formula is C15H26N2O3. The summed E-state index contributed by atoms with van der Waals surface area (Å²) in [7, 11) is 0. The van der Waals surface area contributed by atoms with E-state index in [0.717, 1.165) is 19.3 Å². The van der Waals surface area contributed by atoms with Crippen LogP contribution in [0.2, 0.25) is 0 Å². The van der Waals surface area contributed by atoms with Gasteiger partial charge in [-0.2, -0.15) is 0 Å². The lowest BCUT2D eigenvalue weighted by molar-refractivity contribution is -0.143. The van der Waals surface area contributed by atoms with Crippen molar-refractivity contribution in [2.24, 2.45) is 5.92 Å². The van der Waals surface area contributed by atoms with Crippen LogP contribution in [0.15, 0.2) is 0 Å². The quantitative estimate of drug-likeness (QED) is 0.825. The van der Waals surface area contributed by atoms with Crippen molar-refractivity contribution >= 4 is 11.9 Å². The summed E-state index contributed by atoms with van der Waals surface area (Å²) in [5.74, 6) is -0.412. The number of hydrogen-bond acceptors (Lipinski definition) is 3. The molecule has 1 aliphatic heterocycles. The molecule has 0 aromatic carbocycles. The highest BCUT2D eigenvalue weighted by Crippen LogP contribution is 2.39. The number of carbonyl (C=O) groups excluding carboxylic acids is 1. The Morgan fingerprint density at radius 3 is 2.50 bits per heavy atom. The monoisotopic (exact) mass is 282 g/mol. The minimum absolute atomic E-state index is 0.0741. The van der Waals surface area contributed by atoms with Crippen LogP contribution in [0.25, 0.3) is 0 Å². The van der Waals surface area contributed by atoms with Gasteiger partial charge >= 0.3 is 5.97 Å². The Morgan fingerprint density at radius 2 is 1.90 bits per heavy atom. The van der Waals surface area contributed by atoms with E-state index in [1.54, 1.807) is 0 Å². The van der Waals surface area contributed by atoms with Crippen molar-refractivity contribution in [3.8, 4) is 0 Å². The zero-order valence-electron chi connectivity index (χ0n) is 12.7. The molecule has 0 bridgehead atoms. The molecule has 1 heterocycles. The lowest BCUT2D eigenvalue weighted by Crippen LogP contribution is -2.51. The Hall–Kier alpha value is -1.10. The lowest BCUT2D eigenvalue weighted by atomic mass is 9.85. The maximum Gasteiger partial charge on any atom is 0.320 e. The fourth-order valence-electron chi connectivity index (χ4n) is 3.65. The van der Waals surface area contributed by atoms with Gasteiger partial charge in [-0.15, -0.1) is 0 Å². The maximum atomic E-state index is 12.1. The second-order valence-electron chi connectivity index (χ2n) is 7.17. The van der Waals surface area contributed by atoms with Gasteiger partial charge in [0.05, 0.1) is 6.54 Å². The number of likely N-dealkylation sites (tertiary alicyclic amines) is 1. The van der Waals surface area contributed by atoms with E-state index in [9.17, 15) is 14.7 Å². The molecule has 5 heteroatoms. The van der Waals surface area contributed by atoms with Crippen molar-refractivity contribution in [1.29, 1.82) is 0 Å². The Bertz CT molecular complexity index is 389. The standard InChI is InChI=1S/C15H26N2O3/c1-15(2,3)16-13(18)9-17-11-7-5-4-6-10(11)8-12(17)14(19)20/h10-12H,4-9H2,1-3H3,(H,16,18)(H,19,20)/t10-,11-,12-/m0/s1. The molecule has 0 aromatic rings. The number of rotatable bonds is 3. The first-order valence-corrected chi connectivity index (χ1v) is 7.57. The van der Waals surface area contributed by atoms with E-state index >= 15 is 0 Å². The second kappa shape index (κ2) is 5.72. The number of nitrogens with one attached hydrogen (secondary N) is 1. The van der Waals surface area contributed by atoms with E-state index in [0.29, 0.717) is 12.3 Å². The largest absolute Gasteiger partial charge is 0.480 e. The van der Waals surface area contributed by atoms with E-state index in [1.165, 1.54) is 6.42 Å². The second-order valence-corrected chi connectivity index (χ2v) is 7.17. The summed E-state index contributed by atoms with van der Waals surface area (Å²) in [6.07, 6.45) is 5.16. The number of amides is 1. The van der Waals surface area contributed by atoms with Crippen LogP contribution >= 0.6 is 0 Å². The van der Waals surface area contributed by atoms with Gasteiger partial charge in [0.15, 0.2) is 0 Å². The summed E-state index contributed by atoms with van der Waals surface area (Å²) >= 11 is 0. The van der Waals surface area contributed by atoms with E-state index in [1.807, 2.05) is 25.7 Å². The molecule has 1 amide bonds. The van der Waals surface area contributed by atoms with Gasteiger partial charge in [-0.05, 0) is 46.0 Å². The zero-order chi connectivity index (χ0) is 14.9. The first-order valence-electron chi connectivity index (χ1n) is 7.57. The van der Waals surface area contributed by atoms with Crippen LogP contribution in [0.3, 0.4) is 0 Å². The topological polar surface area (TPSA) is 69.6 Å². The van der Waals surface area contributed by atoms with Gasteiger partial charge in [-0.1, -0.05) is 12.8 Å². The average molecular weight is 282 g/mol. The fraction of sp³-hybridized carbons (Fsp3) is 0.867. The normalized spacial score (nSPS) is 30.9. The summed E-state index contributed by atoms with van der Waals surface area (Å²) in [6.45, 7) is 6.02. The molecule has 0 aromatic heterocycles. The highest BCUT2D eigenvalue weighted by Gasteiger charge is 2.45. The minimum Gasteiger partial charge on any atom is -0.480 e. The van der Waals surface area contributed by atoms with E-state index < -0.39 is 12.0 Å². The summed E-state index contributed by atoms with van der Waals surface area (Å²) in [5.41, 5.74) is -0.276. The lowest BCUT2D eigenvalue weighted by Gasteiger charge is -2.33. The third-order valence-electron chi connectivity index (χ3n) is 4.35. The van der Waals surface area contributed by atoms with E-state index in [2.05, 4.69) is 5.32 Å². The predicted molar refractivity (Wildman–Crippen MR) is 76.4 cm³/mol. The molecule has 2 rings (SSSR count). The number of carbonyl (C=O) groups is 2. The number of carboxylic acid groups (broad SMARTS) is 1. The Balaban J connectivity index is 2.05. The first kappa shape index (κ1) is 15.3. The van der Waals surface area contributed by atoms with Crippen molar-refractivity contribution in [1.82, 2.24) is 10.2 Å². The van der Waals surface area contributed by atoms with Crippen molar-refractivity contribution in [3.05, 3.63) is 0 Å². The molecule has 2 aliphatic rings. The van der Waals surface area contributed by atoms with Gasteiger partial charge in [0.25, 0.3) is 0 Å². The fourth-order valence-corrected chi connectivity index (χ4v) is 3.65. The van der Waals surface area contributed by atoms with Crippen LogP contribution in [0.1, 0.15) is 52.9 Å². The number of carboxylic acids is 1. The van der Waals surface area contributed by atoms with Crippen LogP contribution in [0.4, 0.5) is 0 Å². The zero-order valence-corrected chi connectivity index (χ0v) is 12.7. The van der Waals surface area contributed by atoms with Gasteiger partial charge in [0.1, 0.15) is 6.04 Å². The van der Waals surface area contributed by atoms with Crippen molar-refractivity contribution < 1.29 is 14.7 Å². The molecular weight excluding hydrogens is 256 g/mol.